The molecule has 114 valence electrons. The van der Waals surface area contributed by atoms with Gasteiger partial charge < -0.3 is 15.2 Å². The van der Waals surface area contributed by atoms with Crippen molar-refractivity contribution < 1.29 is 9.47 Å². The molecule has 1 aromatic carbocycles. The Morgan fingerprint density at radius 2 is 2.14 bits per heavy atom. The minimum absolute atomic E-state index is 0.308. The first-order valence-electron chi connectivity index (χ1n) is 6.59. The number of thiazole rings is 1. The topological polar surface area (TPSA) is 78.9 Å². The van der Waals surface area contributed by atoms with Crippen molar-refractivity contribution in [3.63, 3.8) is 0 Å². The molecule has 0 atom stereocenters. The van der Waals surface area contributed by atoms with Gasteiger partial charge in [0.05, 0.1) is 19.8 Å². The molecular weight excluding hydrogens is 302 g/mol. The standard InChI is InChI=1S/C15H15N3O3S/c1-20-10-4-3-9(12(8-10)21-2)7-11-13(16)18-5-6-22-15(18)17-14(11)19/h3-6,8H,7,16H2,1-2H3. The van der Waals surface area contributed by atoms with Crippen LogP contribution in [0.4, 0.5) is 5.82 Å². The van der Waals surface area contributed by atoms with Crippen LogP contribution in [-0.2, 0) is 6.42 Å². The second-order valence-corrected chi connectivity index (χ2v) is 5.56. The average molecular weight is 317 g/mol. The van der Waals surface area contributed by atoms with Crippen LogP contribution in [0.1, 0.15) is 11.1 Å². The van der Waals surface area contributed by atoms with Gasteiger partial charge in [-0.3, -0.25) is 9.20 Å². The highest BCUT2D eigenvalue weighted by Gasteiger charge is 2.14. The van der Waals surface area contributed by atoms with Gasteiger partial charge in [-0.15, -0.1) is 11.3 Å². The van der Waals surface area contributed by atoms with Crippen molar-refractivity contribution in [1.82, 2.24) is 9.38 Å². The number of rotatable bonds is 4. The third-order valence-electron chi connectivity index (χ3n) is 3.48. The van der Waals surface area contributed by atoms with E-state index in [2.05, 4.69) is 4.98 Å². The molecule has 0 amide bonds. The molecule has 0 spiro atoms. The summed E-state index contributed by atoms with van der Waals surface area (Å²) in [6, 6.07) is 5.46. The number of nitrogens with two attached hydrogens (primary N) is 1. The molecule has 3 rings (SSSR count). The van der Waals surface area contributed by atoms with Gasteiger partial charge in [0.15, 0.2) is 4.96 Å². The van der Waals surface area contributed by atoms with Gasteiger partial charge in [-0.2, -0.15) is 4.98 Å². The summed E-state index contributed by atoms with van der Waals surface area (Å²) in [6.07, 6.45) is 2.15. The van der Waals surface area contributed by atoms with Crippen LogP contribution >= 0.6 is 11.3 Å². The monoisotopic (exact) mass is 317 g/mol. The number of hydrogen-bond donors (Lipinski definition) is 1. The fourth-order valence-corrected chi connectivity index (χ4v) is 3.01. The molecule has 2 heterocycles. The van der Waals surface area contributed by atoms with E-state index in [0.717, 1.165) is 5.56 Å². The molecule has 7 heteroatoms. The molecule has 0 fully saturated rings. The normalized spacial score (nSPS) is 10.8. The van der Waals surface area contributed by atoms with Gasteiger partial charge in [-0.05, 0) is 11.6 Å². The van der Waals surface area contributed by atoms with Crippen molar-refractivity contribution in [1.29, 1.82) is 0 Å². The second-order valence-electron chi connectivity index (χ2n) is 4.69. The average Bonchev–Trinajstić information content (AvgIpc) is 2.99. The number of hydrogen-bond acceptors (Lipinski definition) is 6. The number of ether oxygens (including phenoxy) is 2. The summed E-state index contributed by atoms with van der Waals surface area (Å²) in [7, 11) is 3.17. The maximum atomic E-state index is 12.2. The number of aromatic nitrogens is 2. The Morgan fingerprint density at radius 3 is 2.86 bits per heavy atom. The largest absolute Gasteiger partial charge is 0.497 e. The quantitative estimate of drug-likeness (QED) is 0.795. The Bertz CT molecular complexity index is 885. The first kappa shape index (κ1) is 14.4. The highest BCUT2D eigenvalue weighted by Crippen LogP contribution is 2.27. The van der Waals surface area contributed by atoms with Crippen LogP contribution in [0.15, 0.2) is 34.6 Å². The van der Waals surface area contributed by atoms with Crippen molar-refractivity contribution in [3.05, 3.63) is 51.3 Å². The van der Waals surface area contributed by atoms with Gasteiger partial charge in [-0.1, -0.05) is 6.07 Å². The number of methoxy groups -OCH3 is 2. The van der Waals surface area contributed by atoms with E-state index in [1.807, 2.05) is 17.5 Å². The van der Waals surface area contributed by atoms with Gasteiger partial charge in [0.25, 0.3) is 5.56 Å². The van der Waals surface area contributed by atoms with Crippen molar-refractivity contribution >= 4 is 22.1 Å². The lowest BCUT2D eigenvalue weighted by molar-refractivity contribution is 0.391. The summed E-state index contributed by atoms with van der Waals surface area (Å²) >= 11 is 1.37. The van der Waals surface area contributed by atoms with Crippen molar-refractivity contribution in [2.24, 2.45) is 0 Å². The smallest absolute Gasteiger partial charge is 0.279 e. The molecule has 2 N–H and O–H groups in total. The minimum atomic E-state index is -0.308. The summed E-state index contributed by atoms with van der Waals surface area (Å²) < 4.78 is 12.3. The number of benzene rings is 1. The molecule has 0 saturated carbocycles. The Kier molecular flexibility index (Phi) is 3.72. The van der Waals surface area contributed by atoms with Crippen LogP contribution in [0, 0.1) is 0 Å². The van der Waals surface area contributed by atoms with E-state index in [0.29, 0.717) is 34.3 Å². The molecule has 6 nitrogen and oxygen atoms in total. The second kappa shape index (κ2) is 5.69. The first-order chi connectivity index (χ1) is 10.6. The fraction of sp³-hybridized carbons (Fsp3) is 0.200. The lowest BCUT2D eigenvalue weighted by Gasteiger charge is -2.11. The van der Waals surface area contributed by atoms with Crippen LogP contribution in [0.2, 0.25) is 0 Å². The number of nitrogen functional groups attached to an aromatic ring is 1. The van der Waals surface area contributed by atoms with E-state index in [4.69, 9.17) is 15.2 Å². The van der Waals surface area contributed by atoms with E-state index >= 15 is 0 Å². The molecule has 0 saturated heterocycles. The summed E-state index contributed by atoms with van der Waals surface area (Å²) in [5.74, 6) is 1.75. The molecule has 0 aliphatic carbocycles. The predicted molar refractivity (Wildman–Crippen MR) is 86.1 cm³/mol. The number of nitrogens with zero attached hydrogens (tertiary/aromatic N) is 2. The fourth-order valence-electron chi connectivity index (χ4n) is 2.30. The molecule has 3 aromatic rings. The van der Waals surface area contributed by atoms with Gasteiger partial charge >= 0.3 is 0 Å². The number of anilines is 1. The summed E-state index contributed by atoms with van der Waals surface area (Å²) in [5.41, 5.74) is 7.12. The molecule has 0 unspecified atom stereocenters. The Labute approximate surface area is 130 Å². The Morgan fingerprint density at radius 1 is 1.32 bits per heavy atom. The molecule has 2 aromatic heterocycles. The maximum absolute atomic E-state index is 12.2. The van der Waals surface area contributed by atoms with E-state index in [1.54, 1.807) is 30.9 Å². The summed E-state index contributed by atoms with van der Waals surface area (Å²) in [4.78, 5) is 16.9. The zero-order chi connectivity index (χ0) is 15.7. The van der Waals surface area contributed by atoms with Gasteiger partial charge in [-0.25, -0.2) is 0 Å². The molecule has 0 radical (unpaired) electrons. The van der Waals surface area contributed by atoms with Gasteiger partial charge in [0, 0.05) is 24.1 Å². The van der Waals surface area contributed by atoms with Gasteiger partial charge in [0.2, 0.25) is 0 Å². The van der Waals surface area contributed by atoms with Crippen LogP contribution in [0.5, 0.6) is 11.5 Å². The molecule has 0 aliphatic rings. The third-order valence-corrected chi connectivity index (χ3v) is 4.23. The zero-order valence-electron chi connectivity index (χ0n) is 12.2. The highest BCUT2D eigenvalue weighted by atomic mass is 32.1. The molecule has 22 heavy (non-hydrogen) atoms. The number of fused-ring (bicyclic) bond motifs is 1. The summed E-state index contributed by atoms with van der Waals surface area (Å²) in [6.45, 7) is 0. The van der Waals surface area contributed by atoms with Crippen molar-refractivity contribution in [3.8, 4) is 11.5 Å². The minimum Gasteiger partial charge on any atom is -0.497 e. The SMILES string of the molecule is COc1ccc(Cc2c(N)n3ccsc3nc2=O)c(OC)c1. The van der Waals surface area contributed by atoms with Crippen molar-refractivity contribution in [2.75, 3.05) is 20.0 Å². The van der Waals surface area contributed by atoms with Gasteiger partial charge in [0.1, 0.15) is 17.3 Å². The van der Waals surface area contributed by atoms with Crippen molar-refractivity contribution in [2.45, 2.75) is 6.42 Å². The predicted octanol–water partition coefficient (Wildman–Crippen LogP) is 1.95. The van der Waals surface area contributed by atoms with E-state index in [-0.39, 0.29) is 5.56 Å². The van der Waals surface area contributed by atoms with Crippen LogP contribution < -0.4 is 20.8 Å². The van der Waals surface area contributed by atoms with Crippen LogP contribution in [-0.4, -0.2) is 23.6 Å². The van der Waals surface area contributed by atoms with Crippen LogP contribution in [0.3, 0.4) is 0 Å². The Balaban J connectivity index is 2.08. The van der Waals surface area contributed by atoms with E-state index in [9.17, 15) is 4.79 Å². The highest BCUT2D eigenvalue weighted by molar-refractivity contribution is 7.15. The first-order valence-corrected chi connectivity index (χ1v) is 7.47. The lowest BCUT2D eigenvalue weighted by Crippen LogP contribution is -2.19. The van der Waals surface area contributed by atoms with Crippen LogP contribution in [0.25, 0.3) is 4.96 Å². The third kappa shape index (κ3) is 2.39. The van der Waals surface area contributed by atoms with E-state index < -0.39 is 0 Å². The summed E-state index contributed by atoms with van der Waals surface area (Å²) in [5, 5.41) is 1.84. The maximum Gasteiger partial charge on any atom is 0.279 e. The zero-order valence-corrected chi connectivity index (χ0v) is 13.0. The molecule has 0 aliphatic heterocycles. The Hall–Kier alpha value is -2.54. The molecule has 0 bridgehead atoms. The molecular formula is C15H15N3O3S. The van der Waals surface area contributed by atoms with E-state index in [1.165, 1.54) is 11.3 Å². The lowest BCUT2D eigenvalue weighted by atomic mass is 10.1.